The molecule has 0 aliphatic rings. The average molecular weight is 444 g/mol. The Morgan fingerprint density at radius 3 is 2.36 bits per heavy atom. The fraction of sp³-hybridized carbons (Fsp3) is 0.259. The molecule has 4 rings (SSSR count). The number of hydrogen-bond acceptors (Lipinski definition) is 4. The van der Waals surface area contributed by atoms with Crippen LogP contribution in [0.1, 0.15) is 52.8 Å². The van der Waals surface area contributed by atoms with Gasteiger partial charge in [-0.2, -0.15) is 5.10 Å². The van der Waals surface area contributed by atoms with Crippen LogP contribution in [0.3, 0.4) is 0 Å². The number of hydrogen-bond donors (Lipinski definition) is 1. The third-order valence-corrected chi connectivity index (χ3v) is 6.05. The molecule has 6 nitrogen and oxygen atoms in total. The van der Waals surface area contributed by atoms with Crippen LogP contribution < -0.4 is 0 Å². The molecule has 0 spiro atoms. The summed E-state index contributed by atoms with van der Waals surface area (Å²) in [5.74, 6) is 0.983. The van der Waals surface area contributed by atoms with E-state index in [-0.39, 0.29) is 17.7 Å². The minimum atomic E-state index is -0.280. The lowest BCUT2D eigenvalue weighted by Gasteiger charge is -2.22. The maximum atomic E-state index is 12.8. The zero-order chi connectivity index (χ0) is 23.5. The lowest BCUT2D eigenvalue weighted by molar-refractivity contribution is 0.0773. The molecule has 2 aromatic carbocycles. The third-order valence-electron chi connectivity index (χ3n) is 6.05. The van der Waals surface area contributed by atoms with E-state index in [9.17, 15) is 9.90 Å². The fourth-order valence-electron chi connectivity index (χ4n) is 4.36. The zero-order valence-electron chi connectivity index (χ0n) is 19.4. The van der Waals surface area contributed by atoms with Crippen LogP contribution in [0, 0.1) is 13.8 Å². The number of carbonyl (C=O) groups excluding carboxylic acids is 1. The van der Waals surface area contributed by atoms with Crippen molar-refractivity contribution in [2.24, 2.45) is 0 Å². The van der Waals surface area contributed by atoms with Crippen LogP contribution >= 0.6 is 0 Å². The highest BCUT2D eigenvalue weighted by Gasteiger charge is 2.25. The first-order valence-corrected chi connectivity index (χ1v) is 11.2. The van der Waals surface area contributed by atoms with Crippen molar-refractivity contribution >= 4 is 5.91 Å². The van der Waals surface area contributed by atoms with Crippen LogP contribution in [-0.4, -0.2) is 38.8 Å². The molecule has 170 valence electrons. The number of aromatic nitrogens is 2. The summed E-state index contributed by atoms with van der Waals surface area (Å²) in [6.07, 6.45) is 1.66. The fourth-order valence-corrected chi connectivity index (χ4v) is 4.36. The molecule has 0 saturated heterocycles. The van der Waals surface area contributed by atoms with Crippen LogP contribution in [0.5, 0.6) is 5.75 Å². The van der Waals surface area contributed by atoms with Gasteiger partial charge in [-0.25, -0.2) is 0 Å². The first-order chi connectivity index (χ1) is 15.9. The number of aryl methyl sites for hydroxylation is 1. The second-order valence-electron chi connectivity index (χ2n) is 8.06. The number of nitrogens with zero attached hydrogens (tertiary/aromatic N) is 3. The van der Waals surface area contributed by atoms with E-state index in [0.717, 1.165) is 33.8 Å². The Morgan fingerprint density at radius 1 is 1.03 bits per heavy atom. The van der Waals surface area contributed by atoms with Gasteiger partial charge in [-0.05, 0) is 75.2 Å². The lowest BCUT2D eigenvalue weighted by Crippen LogP contribution is -2.30. The molecule has 1 unspecified atom stereocenters. The monoisotopic (exact) mass is 443 g/mol. The highest BCUT2D eigenvalue weighted by Crippen LogP contribution is 2.35. The second kappa shape index (κ2) is 9.36. The maximum Gasteiger partial charge on any atom is 0.253 e. The van der Waals surface area contributed by atoms with E-state index in [1.165, 1.54) is 0 Å². The maximum absolute atomic E-state index is 12.8. The number of benzene rings is 2. The SMILES string of the molecule is CCN(CC)C(=O)c1ccc(C(c2cccc(O)c2)n2nc(C)c(-c3ccco3)c2C)cc1. The number of rotatable bonds is 7. The van der Waals surface area contributed by atoms with Gasteiger partial charge in [0.15, 0.2) is 0 Å². The van der Waals surface area contributed by atoms with Crippen molar-refractivity contribution in [1.82, 2.24) is 14.7 Å². The molecule has 4 aromatic rings. The van der Waals surface area contributed by atoms with Gasteiger partial charge in [0.1, 0.15) is 17.6 Å². The number of phenols is 1. The van der Waals surface area contributed by atoms with Gasteiger partial charge in [0.2, 0.25) is 0 Å². The van der Waals surface area contributed by atoms with Gasteiger partial charge in [0.05, 0.1) is 17.5 Å². The summed E-state index contributed by atoms with van der Waals surface area (Å²) in [5, 5.41) is 15.0. The molecule has 2 aromatic heterocycles. The molecule has 0 radical (unpaired) electrons. The van der Waals surface area contributed by atoms with Gasteiger partial charge >= 0.3 is 0 Å². The summed E-state index contributed by atoms with van der Waals surface area (Å²) in [4.78, 5) is 14.6. The minimum Gasteiger partial charge on any atom is -0.508 e. The topological polar surface area (TPSA) is 71.5 Å². The molecule has 6 heteroatoms. The summed E-state index contributed by atoms with van der Waals surface area (Å²) >= 11 is 0. The Kier molecular flexibility index (Phi) is 6.36. The summed E-state index contributed by atoms with van der Waals surface area (Å²) in [6, 6.07) is 18.4. The Balaban J connectivity index is 1.81. The predicted molar refractivity (Wildman–Crippen MR) is 128 cm³/mol. The van der Waals surface area contributed by atoms with E-state index in [4.69, 9.17) is 9.52 Å². The highest BCUT2D eigenvalue weighted by molar-refractivity contribution is 5.94. The summed E-state index contributed by atoms with van der Waals surface area (Å²) in [7, 11) is 0. The highest BCUT2D eigenvalue weighted by atomic mass is 16.3. The number of phenolic OH excluding ortho intramolecular Hbond substituents is 1. The van der Waals surface area contributed by atoms with E-state index in [0.29, 0.717) is 18.7 Å². The molecule has 0 saturated carbocycles. The number of amides is 1. The van der Waals surface area contributed by atoms with E-state index < -0.39 is 0 Å². The van der Waals surface area contributed by atoms with Crippen molar-refractivity contribution < 1.29 is 14.3 Å². The van der Waals surface area contributed by atoms with Crippen molar-refractivity contribution in [3.8, 4) is 17.1 Å². The van der Waals surface area contributed by atoms with Gasteiger partial charge in [0.25, 0.3) is 5.91 Å². The molecular weight excluding hydrogens is 414 g/mol. The predicted octanol–water partition coefficient (Wildman–Crippen LogP) is 5.59. The number of carbonyl (C=O) groups is 1. The van der Waals surface area contributed by atoms with Crippen molar-refractivity contribution in [2.45, 2.75) is 33.7 Å². The third kappa shape index (κ3) is 4.29. The molecule has 1 amide bonds. The van der Waals surface area contributed by atoms with E-state index in [1.54, 1.807) is 23.3 Å². The van der Waals surface area contributed by atoms with Crippen molar-refractivity contribution in [3.63, 3.8) is 0 Å². The van der Waals surface area contributed by atoms with Gasteiger partial charge < -0.3 is 14.4 Å². The second-order valence-corrected chi connectivity index (χ2v) is 8.06. The first kappa shape index (κ1) is 22.4. The molecule has 1 N–H and O–H groups in total. The average Bonchev–Trinajstić information content (AvgIpc) is 3.43. The number of furan rings is 1. The van der Waals surface area contributed by atoms with Gasteiger partial charge in [-0.1, -0.05) is 24.3 Å². The molecule has 0 aliphatic carbocycles. The standard InChI is InChI=1S/C27H29N3O3/c1-5-29(6-2)27(32)21-14-12-20(13-15-21)26(22-9-7-10-23(31)17-22)30-19(4)25(18(3)28-30)24-11-8-16-33-24/h7-17,26,31H,5-6H2,1-4H3. The van der Waals surface area contributed by atoms with E-state index >= 15 is 0 Å². The lowest BCUT2D eigenvalue weighted by atomic mass is 9.97. The van der Waals surface area contributed by atoms with Crippen LogP contribution in [0.2, 0.25) is 0 Å². The Labute approximate surface area is 194 Å². The summed E-state index contributed by atoms with van der Waals surface area (Å²) in [6.45, 7) is 9.29. The van der Waals surface area contributed by atoms with Crippen molar-refractivity contribution in [2.75, 3.05) is 13.1 Å². The van der Waals surface area contributed by atoms with Gasteiger partial charge in [-0.3, -0.25) is 9.48 Å². The van der Waals surface area contributed by atoms with Crippen molar-refractivity contribution in [3.05, 3.63) is 95.0 Å². The Morgan fingerprint density at radius 2 is 1.76 bits per heavy atom. The van der Waals surface area contributed by atoms with Crippen LogP contribution in [0.4, 0.5) is 0 Å². The minimum absolute atomic E-state index is 0.0201. The van der Waals surface area contributed by atoms with Crippen LogP contribution in [-0.2, 0) is 0 Å². The zero-order valence-corrected chi connectivity index (χ0v) is 19.4. The molecule has 0 bridgehead atoms. The smallest absolute Gasteiger partial charge is 0.253 e. The number of aromatic hydroxyl groups is 1. The van der Waals surface area contributed by atoms with Crippen LogP contribution in [0.15, 0.2) is 71.3 Å². The van der Waals surface area contributed by atoms with Gasteiger partial charge in [0, 0.05) is 24.3 Å². The molecule has 0 fully saturated rings. The molecule has 33 heavy (non-hydrogen) atoms. The van der Waals surface area contributed by atoms with E-state index in [1.807, 2.05) is 80.9 Å². The first-order valence-electron chi connectivity index (χ1n) is 11.2. The Hall–Kier alpha value is -3.80. The van der Waals surface area contributed by atoms with Crippen molar-refractivity contribution in [1.29, 1.82) is 0 Å². The molecule has 0 aliphatic heterocycles. The molecule has 2 heterocycles. The van der Waals surface area contributed by atoms with E-state index in [2.05, 4.69) is 0 Å². The largest absolute Gasteiger partial charge is 0.508 e. The Bertz CT molecular complexity index is 1240. The van der Waals surface area contributed by atoms with Gasteiger partial charge in [-0.15, -0.1) is 0 Å². The summed E-state index contributed by atoms with van der Waals surface area (Å²) < 4.78 is 7.62. The molecular formula is C27H29N3O3. The summed E-state index contributed by atoms with van der Waals surface area (Å²) in [5.41, 5.74) is 5.29. The van der Waals surface area contributed by atoms with Crippen LogP contribution in [0.25, 0.3) is 11.3 Å². The normalized spacial score (nSPS) is 12.0. The molecule has 1 atom stereocenters. The quantitative estimate of drug-likeness (QED) is 0.404.